The smallest absolute Gasteiger partial charge is 0.255 e. The Labute approximate surface area is 134 Å². The Bertz CT molecular complexity index is 643. The summed E-state index contributed by atoms with van der Waals surface area (Å²) in [5, 5.41) is 2.86. The van der Waals surface area contributed by atoms with Crippen LogP contribution >= 0.6 is 31.9 Å². The summed E-state index contributed by atoms with van der Waals surface area (Å²) in [6.45, 7) is 3.78. The Morgan fingerprint density at radius 3 is 2.30 bits per heavy atom. The van der Waals surface area contributed by atoms with Crippen molar-refractivity contribution in [1.82, 2.24) is 4.98 Å². The first-order chi connectivity index (χ1) is 9.36. The van der Waals surface area contributed by atoms with Crippen LogP contribution in [0.3, 0.4) is 0 Å². The number of carbonyl (C=O) groups is 1. The summed E-state index contributed by atoms with van der Waals surface area (Å²) in [6, 6.07) is 7.12. The van der Waals surface area contributed by atoms with Gasteiger partial charge in [0, 0.05) is 20.2 Å². The van der Waals surface area contributed by atoms with Crippen LogP contribution in [0.4, 0.5) is 11.5 Å². The average Bonchev–Trinajstić information content (AvgIpc) is 2.32. The van der Waals surface area contributed by atoms with Crippen molar-refractivity contribution in [3.8, 4) is 0 Å². The number of hydrogen-bond acceptors (Lipinski definition) is 3. The molecule has 0 aliphatic carbocycles. The second kappa shape index (κ2) is 5.93. The molecule has 0 aliphatic rings. The Morgan fingerprint density at radius 1 is 1.15 bits per heavy atom. The topological polar surface area (TPSA) is 68.0 Å². The lowest BCUT2D eigenvalue weighted by molar-refractivity contribution is 0.102. The first-order valence-electron chi connectivity index (χ1n) is 5.88. The highest BCUT2D eigenvalue weighted by Gasteiger charge is 2.13. The first kappa shape index (κ1) is 15.0. The molecule has 1 aromatic heterocycles. The van der Waals surface area contributed by atoms with Gasteiger partial charge in [0.1, 0.15) is 5.82 Å². The summed E-state index contributed by atoms with van der Waals surface area (Å²) in [5.41, 5.74) is 8.62. The standard InChI is InChI=1S/C14H13Br2N3O/c1-7-3-10(15)13(11(16)4-7)19-14(20)9-5-8(2)18-12(17)6-9/h3-6H,1-2H3,(H2,17,18)(H,19,20). The van der Waals surface area contributed by atoms with Crippen molar-refractivity contribution < 1.29 is 4.79 Å². The number of rotatable bonds is 2. The zero-order valence-corrected chi connectivity index (χ0v) is 14.2. The van der Waals surface area contributed by atoms with E-state index in [9.17, 15) is 4.79 Å². The van der Waals surface area contributed by atoms with Gasteiger partial charge in [-0.3, -0.25) is 4.79 Å². The van der Waals surface area contributed by atoms with Gasteiger partial charge in [0.2, 0.25) is 0 Å². The molecule has 4 nitrogen and oxygen atoms in total. The first-order valence-corrected chi connectivity index (χ1v) is 7.46. The van der Waals surface area contributed by atoms with Gasteiger partial charge in [-0.15, -0.1) is 0 Å². The van der Waals surface area contributed by atoms with E-state index in [4.69, 9.17) is 5.73 Å². The largest absolute Gasteiger partial charge is 0.384 e. The van der Waals surface area contributed by atoms with E-state index in [0.717, 1.165) is 14.5 Å². The fourth-order valence-corrected chi connectivity index (χ4v) is 3.44. The van der Waals surface area contributed by atoms with Gasteiger partial charge >= 0.3 is 0 Å². The molecule has 1 aromatic carbocycles. The van der Waals surface area contributed by atoms with Crippen molar-refractivity contribution in [2.45, 2.75) is 13.8 Å². The molecule has 2 rings (SSSR count). The van der Waals surface area contributed by atoms with Gasteiger partial charge in [0.15, 0.2) is 0 Å². The maximum atomic E-state index is 12.3. The number of halogens is 2. The summed E-state index contributed by atoms with van der Waals surface area (Å²) in [6.07, 6.45) is 0. The Morgan fingerprint density at radius 2 is 1.75 bits per heavy atom. The van der Waals surface area contributed by atoms with Crippen molar-refractivity contribution in [3.63, 3.8) is 0 Å². The van der Waals surface area contributed by atoms with E-state index in [-0.39, 0.29) is 5.91 Å². The number of carbonyl (C=O) groups excluding carboxylic acids is 1. The van der Waals surface area contributed by atoms with E-state index in [1.807, 2.05) is 19.1 Å². The average molecular weight is 399 g/mol. The number of nitrogens with one attached hydrogen (secondary N) is 1. The minimum Gasteiger partial charge on any atom is -0.384 e. The molecule has 0 atom stereocenters. The molecule has 20 heavy (non-hydrogen) atoms. The van der Waals surface area contributed by atoms with E-state index in [1.165, 1.54) is 0 Å². The van der Waals surface area contributed by atoms with Crippen LogP contribution in [0.15, 0.2) is 33.2 Å². The van der Waals surface area contributed by atoms with Crippen molar-refractivity contribution in [2.75, 3.05) is 11.1 Å². The summed E-state index contributed by atoms with van der Waals surface area (Å²) in [5.74, 6) is 0.102. The molecule has 0 unspecified atom stereocenters. The third-order valence-electron chi connectivity index (χ3n) is 2.66. The molecule has 1 heterocycles. The van der Waals surface area contributed by atoms with Crippen molar-refractivity contribution in [1.29, 1.82) is 0 Å². The van der Waals surface area contributed by atoms with Crippen LogP contribution in [0.1, 0.15) is 21.6 Å². The van der Waals surface area contributed by atoms with Gasteiger partial charge in [-0.2, -0.15) is 0 Å². The third kappa shape index (κ3) is 3.37. The molecule has 0 radical (unpaired) electrons. The fourth-order valence-electron chi connectivity index (χ4n) is 1.83. The number of amides is 1. The number of nitrogens with zero attached hydrogens (tertiary/aromatic N) is 1. The van der Waals surface area contributed by atoms with E-state index >= 15 is 0 Å². The fraction of sp³-hybridized carbons (Fsp3) is 0.143. The SMILES string of the molecule is Cc1cc(Br)c(NC(=O)c2cc(C)nc(N)c2)c(Br)c1. The van der Waals surface area contributed by atoms with Crippen LogP contribution in [0, 0.1) is 13.8 Å². The number of pyridine rings is 1. The van der Waals surface area contributed by atoms with E-state index < -0.39 is 0 Å². The lowest BCUT2D eigenvalue weighted by Crippen LogP contribution is -2.14. The molecule has 104 valence electrons. The molecule has 0 bridgehead atoms. The lowest BCUT2D eigenvalue weighted by Gasteiger charge is -2.11. The maximum Gasteiger partial charge on any atom is 0.255 e. The van der Waals surface area contributed by atoms with Gasteiger partial charge in [-0.1, -0.05) is 0 Å². The molecule has 3 N–H and O–H groups in total. The molecule has 0 saturated heterocycles. The number of nitrogen functional groups attached to an aromatic ring is 1. The summed E-state index contributed by atoms with van der Waals surface area (Å²) in [7, 11) is 0. The molecule has 0 fully saturated rings. The van der Waals surface area contributed by atoms with Gasteiger partial charge in [0.25, 0.3) is 5.91 Å². The molecule has 1 amide bonds. The van der Waals surface area contributed by atoms with Gasteiger partial charge in [-0.25, -0.2) is 4.98 Å². The number of anilines is 2. The minimum absolute atomic E-state index is 0.229. The molecular formula is C14H13Br2N3O. The number of hydrogen-bond donors (Lipinski definition) is 2. The lowest BCUT2D eigenvalue weighted by atomic mass is 10.2. The second-order valence-electron chi connectivity index (χ2n) is 4.48. The van der Waals surface area contributed by atoms with Crippen molar-refractivity contribution >= 4 is 49.3 Å². The Kier molecular flexibility index (Phi) is 4.45. The quantitative estimate of drug-likeness (QED) is 0.801. The summed E-state index contributed by atoms with van der Waals surface area (Å²) in [4.78, 5) is 16.3. The molecule has 0 aliphatic heterocycles. The number of benzene rings is 1. The zero-order valence-electron chi connectivity index (χ0n) is 11.0. The van der Waals surface area contributed by atoms with Crippen LogP contribution in [0.25, 0.3) is 0 Å². The van der Waals surface area contributed by atoms with Gasteiger partial charge in [0.05, 0.1) is 5.69 Å². The van der Waals surface area contributed by atoms with E-state index in [0.29, 0.717) is 22.8 Å². The predicted octanol–water partition coefficient (Wildman–Crippen LogP) is 4.06. The molecule has 0 spiro atoms. The third-order valence-corrected chi connectivity index (χ3v) is 3.91. The predicted molar refractivity (Wildman–Crippen MR) is 87.9 cm³/mol. The molecule has 2 aromatic rings. The maximum absolute atomic E-state index is 12.3. The van der Waals surface area contributed by atoms with Crippen LogP contribution in [0.2, 0.25) is 0 Å². The monoisotopic (exact) mass is 397 g/mol. The molecule has 0 saturated carbocycles. The van der Waals surface area contributed by atoms with E-state index in [2.05, 4.69) is 42.2 Å². The summed E-state index contributed by atoms with van der Waals surface area (Å²) >= 11 is 6.89. The van der Waals surface area contributed by atoms with Gasteiger partial charge in [-0.05, 0) is 75.5 Å². The van der Waals surface area contributed by atoms with Gasteiger partial charge < -0.3 is 11.1 Å². The van der Waals surface area contributed by atoms with E-state index in [1.54, 1.807) is 19.1 Å². The van der Waals surface area contributed by atoms with Crippen LogP contribution < -0.4 is 11.1 Å². The second-order valence-corrected chi connectivity index (χ2v) is 6.19. The van der Waals surface area contributed by atoms with Crippen LogP contribution in [-0.4, -0.2) is 10.9 Å². The van der Waals surface area contributed by atoms with Crippen LogP contribution in [0.5, 0.6) is 0 Å². The highest BCUT2D eigenvalue weighted by atomic mass is 79.9. The highest BCUT2D eigenvalue weighted by molar-refractivity contribution is 9.11. The zero-order chi connectivity index (χ0) is 14.9. The number of nitrogens with two attached hydrogens (primary N) is 1. The Balaban J connectivity index is 2.32. The molecular weight excluding hydrogens is 386 g/mol. The number of aromatic nitrogens is 1. The molecule has 6 heteroatoms. The summed E-state index contributed by atoms with van der Waals surface area (Å²) < 4.78 is 1.63. The normalized spacial score (nSPS) is 10.4. The minimum atomic E-state index is -0.229. The highest BCUT2D eigenvalue weighted by Crippen LogP contribution is 2.32. The number of aryl methyl sites for hydroxylation is 2. The Hall–Kier alpha value is -1.40. The van der Waals surface area contributed by atoms with Crippen molar-refractivity contribution in [3.05, 3.63) is 50.0 Å². The van der Waals surface area contributed by atoms with Crippen molar-refractivity contribution in [2.24, 2.45) is 0 Å². The van der Waals surface area contributed by atoms with Crippen LogP contribution in [-0.2, 0) is 0 Å².